The lowest BCUT2D eigenvalue weighted by Gasteiger charge is -2.23. The maximum Gasteiger partial charge on any atom is 0.267 e. The van der Waals surface area contributed by atoms with Gasteiger partial charge in [0, 0.05) is 33.0 Å². The standard InChI is InChI=1S/C24H12N4O4/c29-21-13-5-1-9-11-3-7-15-20-16(24(32)27-28-26-23(15)31)8-4-12(18(11)20)10-2-6-14(22(30)25-21)19(13)17(9)10/h1-8,28H,(H,26,31)(H,27,32)(H,25,29,30). The number of imide groups is 1. The van der Waals surface area contributed by atoms with E-state index in [4.69, 9.17) is 0 Å². The van der Waals surface area contributed by atoms with Crippen molar-refractivity contribution in [1.29, 1.82) is 0 Å². The second-order valence-electron chi connectivity index (χ2n) is 7.96. The summed E-state index contributed by atoms with van der Waals surface area (Å²) in [5.41, 5.74) is 9.02. The zero-order valence-corrected chi connectivity index (χ0v) is 16.3. The number of carbonyl (C=O) groups excluding carboxylic acids is 4. The molecule has 4 N–H and O–H groups in total. The molecule has 5 aromatic rings. The highest BCUT2D eigenvalue weighted by Crippen LogP contribution is 2.44. The molecule has 0 unspecified atom stereocenters. The van der Waals surface area contributed by atoms with E-state index in [2.05, 4.69) is 21.7 Å². The Bertz CT molecular complexity index is 1640. The van der Waals surface area contributed by atoms with Gasteiger partial charge in [0.2, 0.25) is 0 Å². The predicted octanol–water partition coefficient (Wildman–Crippen LogP) is 2.51. The Labute approximate surface area is 178 Å². The van der Waals surface area contributed by atoms with Gasteiger partial charge in [0.25, 0.3) is 23.6 Å². The molecule has 32 heavy (non-hydrogen) atoms. The highest BCUT2D eigenvalue weighted by atomic mass is 16.2. The van der Waals surface area contributed by atoms with Crippen molar-refractivity contribution in [2.75, 3.05) is 0 Å². The van der Waals surface area contributed by atoms with E-state index in [9.17, 15) is 19.2 Å². The lowest BCUT2D eigenvalue weighted by molar-refractivity contribution is 0.0837. The molecule has 0 saturated carbocycles. The molecule has 0 aromatic heterocycles. The van der Waals surface area contributed by atoms with E-state index in [1.54, 1.807) is 24.3 Å². The molecule has 152 valence electrons. The minimum atomic E-state index is -0.421. The minimum Gasteiger partial charge on any atom is -0.288 e. The Morgan fingerprint density at radius 3 is 1.12 bits per heavy atom. The zero-order chi connectivity index (χ0) is 21.7. The predicted molar refractivity (Wildman–Crippen MR) is 118 cm³/mol. The van der Waals surface area contributed by atoms with Crippen molar-refractivity contribution in [2.24, 2.45) is 0 Å². The largest absolute Gasteiger partial charge is 0.288 e. The molecule has 0 aliphatic carbocycles. The van der Waals surface area contributed by atoms with Gasteiger partial charge in [-0.2, -0.15) is 0 Å². The van der Waals surface area contributed by atoms with Crippen molar-refractivity contribution >= 4 is 66.7 Å². The van der Waals surface area contributed by atoms with E-state index in [-0.39, 0.29) is 11.8 Å². The van der Waals surface area contributed by atoms with Crippen molar-refractivity contribution in [3.8, 4) is 0 Å². The second-order valence-corrected chi connectivity index (χ2v) is 7.96. The SMILES string of the molecule is O=C1NNNC(=O)c2ccc3c4ccc5c6c(ccc(c7ccc1c2c73)c64)C(=O)NC5=O. The fourth-order valence-corrected chi connectivity index (χ4v) is 5.16. The Morgan fingerprint density at radius 2 is 0.750 bits per heavy atom. The molecular formula is C24H12N4O4. The third-order valence-corrected chi connectivity index (χ3v) is 6.46. The smallest absolute Gasteiger partial charge is 0.267 e. The Morgan fingerprint density at radius 1 is 0.406 bits per heavy atom. The number of nitrogens with one attached hydrogen (secondary N) is 4. The van der Waals surface area contributed by atoms with Crippen molar-refractivity contribution in [3.05, 3.63) is 70.8 Å². The fourth-order valence-electron chi connectivity index (χ4n) is 5.16. The number of hydrogen-bond acceptors (Lipinski definition) is 5. The molecule has 2 aliphatic heterocycles. The lowest BCUT2D eigenvalue weighted by atomic mass is 9.83. The van der Waals surface area contributed by atoms with Crippen LogP contribution in [0.4, 0.5) is 0 Å². The lowest BCUT2D eigenvalue weighted by Crippen LogP contribution is -2.50. The third kappa shape index (κ3) is 1.90. The summed E-state index contributed by atoms with van der Waals surface area (Å²) in [6.45, 7) is 0. The zero-order valence-electron chi connectivity index (χ0n) is 16.3. The van der Waals surface area contributed by atoms with Crippen LogP contribution in [0.5, 0.6) is 0 Å². The summed E-state index contributed by atoms with van der Waals surface area (Å²) >= 11 is 0. The topological polar surface area (TPSA) is 116 Å². The average molecular weight is 420 g/mol. The third-order valence-electron chi connectivity index (χ3n) is 6.46. The van der Waals surface area contributed by atoms with Crippen molar-refractivity contribution in [2.45, 2.75) is 0 Å². The van der Waals surface area contributed by atoms with Gasteiger partial charge < -0.3 is 0 Å². The quantitative estimate of drug-likeness (QED) is 0.175. The summed E-state index contributed by atoms with van der Waals surface area (Å²) in [4.78, 5) is 50.4. The van der Waals surface area contributed by atoms with E-state index in [0.29, 0.717) is 33.0 Å². The van der Waals surface area contributed by atoms with Gasteiger partial charge in [-0.3, -0.25) is 35.3 Å². The summed E-state index contributed by atoms with van der Waals surface area (Å²) in [5.74, 6) is -1.58. The van der Waals surface area contributed by atoms with E-state index < -0.39 is 11.8 Å². The minimum absolute atomic E-state index is 0.367. The first-order chi connectivity index (χ1) is 15.5. The molecule has 8 heteroatoms. The fraction of sp³-hybridized carbons (Fsp3) is 0. The van der Waals surface area contributed by atoms with E-state index >= 15 is 0 Å². The van der Waals surface area contributed by atoms with Gasteiger partial charge in [0.1, 0.15) is 0 Å². The van der Waals surface area contributed by atoms with Crippen LogP contribution < -0.4 is 21.7 Å². The van der Waals surface area contributed by atoms with Crippen LogP contribution in [0.3, 0.4) is 0 Å². The molecule has 2 aliphatic rings. The van der Waals surface area contributed by atoms with Crippen LogP contribution in [0.2, 0.25) is 0 Å². The van der Waals surface area contributed by atoms with Crippen LogP contribution >= 0.6 is 0 Å². The first-order valence-corrected chi connectivity index (χ1v) is 9.96. The van der Waals surface area contributed by atoms with Gasteiger partial charge in [-0.1, -0.05) is 24.3 Å². The Kier molecular flexibility index (Phi) is 2.98. The van der Waals surface area contributed by atoms with E-state index in [1.807, 2.05) is 24.3 Å². The van der Waals surface area contributed by atoms with Gasteiger partial charge in [0.05, 0.1) is 0 Å². The number of carbonyl (C=O) groups is 4. The van der Waals surface area contributed by atoms with Gasteiger partial charge in [-0.05, 0) is 56.6 Å². The van der Waals surface area contributed by atoms with Gasteiger partial charge in [-0.15, -0.1) is 5.53 Å². The number of benzene rings is 5. The average Bonchev–Trinajstić information content (AvgIpc) is 2.79. The first-order valence-electron chi connectivity index (χ1n) is 9.96. The Balaban J connectivity index is 1.78. The summed E-state index contributed by atoms with van der Waals surface area (Å²) in [6, 6.07) is 14.2. The number of rotatable bonds is 0. The monoisotopic (exact) mass is 420 g/mol. The Hall–Kier alpha value is -4.56. The van der Waals surface area contributed by atoms with Gasteiger partial charge in [0.15, 0.2) is 0 Å². The highest BCUT2D eigenvalue weighted by Gasteiger charge is 2.29. The molecular weight excluding hydrogens is 408 g/mol. The van der Waals surface area contributed by atoms with E-state index in [0.717, 1.165) is 32.3 Å². The molecule has 8 nitrogen and oxygen atoms in total. The van der Waals surface area contributed by atoms with Crippen molar-refractivity contribution in [3.63, 3.8) is 0 Å². The van der Waals surface area contributed by atoms with Crippen LogP contribution in [-0.4, -0.2) is 23.6 Å². The van der Waals surface area contributed by atoms with Crippen LogP contribution in [-0.2, 0) is 0 Å². The maximum absolute atomic E-state index is 12.7. The summed E-state index contributed by atoms with van der Waals surface area (Å²) < 4.78 is 0. The van der Waals surface area contributed by atoms with Crippen molar-refractivity contribution in [1.82, 2.24) is 21.7 Å². The summed E-state index contributed by atoms with van der Waals surface area (Å²) in [7, 11) is 0. The molecule has 0 radical (unpaired) electrons. The normalized spacial score (nSPS) is 15.8. The van der Waals surface area contributed by atoms with E-state index in [1.165, 1.54) is 0 Å². The molecule has 0 bridgehead atoms. The van der Waals surface area contributed by atoms with Crippen LogP contribution in [0.1, 0.15) is 41.4 Å². The first kappa shape index (κ1) is 17.2. The molecule has 0 atom stereocenters. The van der Waals surface area contributed by atoms with Crippen LogP contribution in [0, 0.1) is 0 Å². The number of hydrogen-bond donors (Lipinski definition) is 4. The van der Waals surface area contributed by atoms with Gasteiger partial charge >= 0.3 is 0 Å². The van der Waals surface area contributed by atoms with Crippen LogP contribution in [0.25, 0.3) is 43.1 Å². The highest BCUT2D eigenvalue weighted by molar-refractivity contribution is 6.40. The van der Waals surface area contributed by atoms with Crippen molar-refractivity contribution < 1.29 is 19.2 Å². The summed E-state index contributed by atoms with van der Waals surface area (Å²) in [5, 5.41) is 8.55. The number of fused-ring (bicyclic) bond motifs is 2. The number of amides is 4. The van der Waals surface area contributed by atoms with Gasteiger partial charge in [-0.25, -0.2) is 0 Å². The molecule has 5 aromatic carbocycles. The number of hydrazine groups is 2. The molecule has 0 spiro atoms. The second kappa shape index (κ2) is 5.57. The molecule has 2 heterocycles. The maximum atomic E-state index is 12.7. The summed E-state index contributed by atoms with van der Waals surface area (Å²) in [6.07, 6.45) is 0. The van der Waals surface area contributed by atoms with Crippen LogP contribution in [0.15, 0.2) is 48.5 Å². The molecule has 0 fully saturated rings. The molecule has 7 rings (SSSR count). The molecule has 4 amide bonds. The molecule has 0 saturated heterocycles.